The van der Waals surface area contributed by atoms with Crippen LogP contribution in [0.1, 0.15) is 19.8 Å². The van der Waals surface area contributed by atoms with Gasteiger partial charge in [0.2, 0.25) is 11.6 Å². The molecule has 1 aromatic heterocycles. The second-order valence-electron chi connectivity index (χ2n) is 8.09. The van der Waals surface area contributed by atoms with E-state index >= 15 is 0 Å². The monoisotopic (exact) mass is 458 g/mol. The third-order valence-corrected chi connectivity index (χ3v) is 6.15. The fraction of sp³-hybridized carbons (Fsp3) is 0.500. The minimum Gasteiger partial charge on any atom is -0.466 e. The Balaban J connectivity index is 1.48. The first kappa shape index (κ1) is 22.7. The predicted octanol–water partition coefficient (Wildman–Crippen LogP) is 2.63. The number of esters is 1. The molecule has 0 amide bonds. The summed E-state index contributed by atoms with van der Waals surface area (Å²) < 4.78 is 18.3. The minimum absolute atomic E-state index is 0.109. The van der Waals surface area contributed by atoms with Gasteiger partial charge in [0.15, 0.2) is 0 Å². The Kier molecular flexibility index (Phi) is 6.85. The van der Waals surface area contributed by atoms with Crippen molar-refractivity contribution in [3.8, 4) is 0 Å². The summed E-state index contributed by atoms with van der Waals surface area (Å²) in [5.74, 6) is -0.104. The van der Waals surface area contributed by atoms with E-state index in [1.807, 2.05) is 9.80 Å². The average Bonchev–Trinajstić information content (AvgIpc) is 2.84. The summed E-state index contributed by atoms with van der Waals surface area (Å²) in [5, 5.41) is 12.1. The number of carbonyl (C=O) groups excluding carboxylic acids is 1. The van der Waals surface area contributed by atoms with E-state index in [0.717, 1.165) is 5.69 Å². The van der Waals surface area contributed by atoms with E-state index in [1.165, 1.54) is 18.5 Å². The maximum absolute atomic E-state index is 13.2. The quantitative estimate of drug-likeness (QED) is 0.367. The molecule has 3 heterocycles. The number of anilines is 3. The second kappa shape index (κ2) is 9.97. The summed E-state index contributed by atoms with van der Waals surface area (Å²) in [6, 6.07) is 6.31. The van der Waals surface area contributed by atoms with Crippen molar-refractivity contribution in [3.63, 3.8) is 0 Å². The van der Waals surface area contributed by atoms with E-state index in [9.17, 15) is 19.3 Å². The lowest BCUT2D eigenvalue weighted by molar-refractivity contribution is -0.383. The number of aromatic nitrogens is 2. The van der Waals surface area contributed by atoms with Crippen molar-refractivity contribution in [2.24, 2.45) is 5.92 Å². The fourth-order valence-electron chi connectivity index (χ4n) is 4.40. The van der Waals surface area contributed by atoms with E-state index in [4.69, 9.17) is 4.74 Å². The maximum atomic E-state index is 13.2. The van der Waals surface area contributed by atoms with Gasteiger partial charge < -0.3 is 19.4 Å². The summed E-state index contributed by atoms with van der Waals surface area (Å²) in [6.45, 7) is 5.43. The van der Waals surface area contributed by atoms with Crippen LogP contribution in [-0.2, 0) is 9.53 Å². The number of ether oxygens (including phenoxy) is 1. The van der Waals surface area contributed by atoms with Gasteiger partial charge in [0.05, 0.1) is 17.4 Å². The fourth-order valence-corrected chi connectivity index (χ4v) is 4.40. The van der Waals surface area contributed by atoms with E-state index in [2.05, 4.69) is 14.9 Å². The van der Waals surface area contributed by atoms with Crippen LogP contribution in [-0.4, -0.2) is 66.7 Å². The number of piperazine rings is 1. The van der Waals surface area contributed by atoms with E-state index in [1.54, 1.807) is 19.1 Å². The molecule has 2 aliphatic rings. The number of carbonyl (C=O) groups is 1. The summed E-state index contributed by atoms with van der Waals surface area (Å²) in [6.07, 6.45) is 2.48. The van der Waals surface area contributed by atoms with Crippen LogP contribution in [0.4, 0.5) is 27.4 Å². The van der Waals surface area contributed by atoms with Crippen molar-refractivity contribution in [3.05, 3.63) is 46.5 Å². The van der Waals surface area contributed by atoms with Crippen molar-refractivity contribution in [2.45, 2.75) is 19.8 Å². The Morgan fingerprint density at radius 2 is 1.58 bits per heavy atom. The number of benzene rings is 1. The Morgan fingerprint density at radius 3 is 2.12 bits per heavy atom. The highest BCUT2D eigenvalue weighted by atomic mass is 19.1. The molecule has 33 heavy (non-hydrogen) atoms. The Morgan fingerprint density at radius 1 is 1.03 bits per heavy atom. The zero-order valence-corrected chi connectivity index (χ0v) is 18.5. The van der Waals surface area contributed by atoms with Crippen LogP contribution < -0.4 is 14.7 Å². The van der Waals surface area contributed by atoms with Gasteiger partial charge in [0.25, 0.3) is 0 Å². The summed E-state index contributed by atoms with van der Waals surface area (Å²) in [4.78, 5) is 38.0. The highest BCUT2D eigenvalue weighted by molar-refractivity contribution is 5.74. The van der Waals surface area contributed by atoms with Gasteiger partial charge in [-0.05, 0) is 44.0 Å². The number of halogens is 1. The minimum atomic E-state index is -0.422. The molecular weight excluding hydrogens is 431 g/mol. The molecule has 2 fully saturated rings. The molecule has 0 atom stereocenters. The largest absolute Gasteiger partial charge is 0.466 e. The molecule has 0 unspecified atom stereocenters. The first-order valence-electron chi connectivity index (χ1n) is 11.1. The van der Waals surface area contributed by atoms with Gasteiger partial charge in [-0.2, -0.15) is 0 Å². The molecule has 11 heteroatoms. The first-order chi connectivity index (χ1) is 16.0. The molecule has 10 nitrogen and oxygen atoms in total. The number of rotatable bonds is 6. The molecule has 1 aromatic carbocycles. The summed E-state index contributed by atoms with van der Waals surface area (Å²) in [5.41, 5.74) is 0.806. The van der Waals surface area contributed by atoms with Crippen LogP contribution in [0.5, 0.6) is 0 Å². The van der Waals surface area contributed by atoms with E-state index in [0.29, 0.717) is 64.5 Å². The molecule has 0 saturated carbocycles. The molecule has 0 N–H and O–H groups in total. The van der Waals surface area contributed by atoms with Crippen molar-refractivity contribution < 1.29 is 18.8 Å². The number of nitro groups is 1. The molecule has 0 spiro atoms. The van der Waals surface area contributed by atoms with E-state index in [-0.39, 0.29) is 29.2 Å². The summed E-state index contributed by atoms with van der Waals surface area (Å²) >= 11 is 0. The maximum Gasteiger partial charge on any atom is 0.353 e. The van der Waals surface area contributed by atoms with Crippen molar-refractivity contribution >= 4 is 29.0 Å². The molecule has 0 radical (unpaired) electrons. The lowest BCUT2D eigenvalue weighted by Gasteiger charge is -2.37. The topological polar surface area (TPSA) is 105 Å². The molecule has 0 bridgehead atoms. The van der Waals surface area contributed by atoms with Crippen LogP contribution >= 0.6 is 0 Å². The van der Waals surface area contributed by atoms with Crippen molar-refractivity contribution in [1.82, 2.24) is 9.97 Å². The van der Waals surface area contributed by atoms with Gasteiger partial charge in [-0.25, -0.2) is 14.4 Å². The smallest absolute Gasteiger partial charge is 0.353 e. The third-order valence-electron chi connectivity index (χ3n) is 6.15. The standard InChI is InChI=1S/C22H27FN6O4/c1-2-33-22(30)16-7-9-27(10-8-16)20-19(29(31)32)21(25-15-24-20)28-13-11-26(12-14-28)18-5-3-17(23)4-6-18/h3-6,15-16H,2,7-14H2,1H3. The number of piperidine rings is 1. The molecular formula is C22H27FN6O4. The van der Waals surface area contributed by atoms with Crippen LogP contribution in [0.2, 0.25) is 0 Å². The molecule has 2 aliphatic heterocycles. The predicted molar refractivity (Wildman–Crippen MR) is 121 cm³/mol. The van der Waals surface area contributed by atoms with Gasteiger partial charge in [-0.15, -0.1) is 0 Å². The zero-order chi connectivity index (χ0) is 23.4. The van der Waals surface area contributed by atoms with Crippen molar-refractivity contribution in [1.29, 1.82) is 0 Å². The Bertz CT molecular complexity index is 989. The van der Waals surface area contributed by atoms with Gasteiger partial charge in [-0.1, -0.05) is 0 Å². The van der Waals surface area contributed by atoms with Crippen molar-refractivity contribution in [2.75, 3.05) is 60.6 Å². The Labute approximate surface area is 191 Å². The Hall–Kier alpha value is -3.50. The van der Waals surface area contributed by atoms with Crippen LogP contribution in [0, 0.1) is 21.8 Å². The molecule has 0 aliphatic carbocycles. The first-order valence-corrected chi connectivity index (χ1v) is 11.1. The van der Waals surface area contributed by atoms with Gasteiger partial charge >= 0.3 is 11.7 Å². The number of hydrogen-bond donors (Lipinski definition) is 0. The van der Waals surface area contributed by atoms with Gasteiger partial charge in [0, 0.05) is 45.0 Å². The zero-order valence-electron chi connectivity index (χ0n) is 18.5. The number of nitrogens with zero attached hydrogens (tertiary/aromatic N) is 6. The van der Waals surface area contributed by atoms with Crippen LogP contribution in [0.25, 0.3) is 0 Å². The molecule has 4 rings (SSSR count). The lowest BCUT2D eigenvalue weighted by atomic mass is 9.97. The highest BCUT2D eigenvalue weighted by Gasteiger charge is 2.34. The highest BCUT2D eigenvalue weighted by Crippen LogP contribution is 2.36. The molecule has 2 saturated heterocycles. The normalized spacial score (nSPS) is 17.2. The summed E-state index contributed by atoms with van der Waals surface area (Å²) in [7, 11) is 0. The second-order valence-corrected chi connectivity index (χ2v) is 8.09. The van der Waals surface area contributed by atoms with E-state index < -0.39 is 4.92 Å². The average molecular weight is 458 g/mol. The molecule has 176 valence electrons. The third kappa shape index (κ3) is 4.96. The van der Waals surface area contributed by atoms with Crippen LogP contribution in [0.15, 0.2) is 30.6 Å². The van der Waals surface area contributed by atoms with Gasteiger partial charge in [0.1, 0.15) is 12.1 Å². The SMILES string of the molecule is CCOC(=O)C1CCN(c2ncnc(N3CCN(c4ccc(F)cc4)CC3)c2[N+](=O)[O-])CC1. The number of hydrogen-bond acceptors (Lipinski definition) is 9. The molecule has 2 aromatic rings. The van der Waals surface area contributed by atoms with Crippen LogP contribution in [0.3, 0.4) is 0 Å². The van der Waals surface area contributed by atoms with Gasteiger partial charge in [-0.3, -0.25) is 14.9 Å². The lowest BCUT2D eigenvalue weighted by Crippen LogP contribution is -2.47.